The normalized spacial score (nSPS) is 8.25. The summed E-state index contributed by atoms with van der Waals surface area (Å²) in [5.41, 5.74) is 0.653. The topological polar surface area (TPSA) is 12.0 Å². The molecule has 8 heavy (non-hydrogen) atoms. The Morgan fingerprint density at radius 3 is 2.38 bits per heavy atom. The minimum Gasteiger partial charge on any atom is -0.377 e. The van der Waals surface area contributed by atoms with E-state index in [4.69, 9.17) is 6.42 Å². The fraction of sp³-hybridized carbons (Fsp3) is 0.429. The van der Waals surface area contributed by atoms with Crippen molar-refractivity contribution in [1.82, 2.24) is 5.32 Å². The predicted molar refractivity (Wildman–Crippen MR) is 36.2 cm³/mol. The first-order valence-electron chi connectivity index (χ1n) is 2.59. The lowest BCUT2D eigenvalue weighted by Gasteiger charge is -2.05. The average molecular weight is 109 g/mol. The fourth-order valence-corrected chi connectivity index (χ4v) is 0.390. The summed E-state index contributed by atoms with van der Waals surface area (Å²) in [6, 6.07) is 0.388. The van der Waals surface area contributed by atoms with E-state index < -0.39 is 0 Å². The van der Waals surface area contributed by atoms with Crippen LogP contribution in [0.2, 0.25) is 0 Å². The second-order valence-electron chi connectivity index (χ2n) is 1.92. The lowest BCUT2D eigenvalue weighted by Crippen LogP contribution is -2.19. The van der Waals surface area contributed by atoms with E-state index in [0.29, 0.717) is 11.7 Å². The summed E-state index contributed by atoms with van der Waals surface area (Å²) in [5, 5.41) is 2.96. The Labute approximate surface area is 50.8 Å². The van der Waals surface area contributed by atoms with Gasteiger partial charge in [0.1, 0.15) is 0 Å². The minimum absolute atomic E-state index is 0.388. The van der Waals surface area contributed by atoms with Crippen LogP contribution < -0.4 is 5.32 Å². The highest BCUT2D eigenvalue weighted by atomic mass is 14.9. The van der Waals surface area contributed by atoms with Crippen LogP contribution in [0.5, 0.6) is 0 Å². The molecule has 0 spiro atoms. The highest BCUT2D eigenvalue weighted by Gasteiger charge is 1.88. The lowest BCUT2D eigenvalue weighted by molar-refractivity contribution is 0.687. The molecule has 0 atom stereocenters. The number of nitrogens with one attached hydrogen (secondary N) is 1. The van der Waals surface area contributed by atoms with E-state index in [-0.39, 0.29) is 0 Å². The van der Waals surface area contributed by atoms with Gasteiger partial charge in [0.25, 0.3) is 0 Å². The maximum atomic E-state index is 5.01. The van der Waals surface area contributed by atoms with Gasteiger partial charge in [-0.15, -0.1) is 6.42 Å². The maximum Gasteiger partial charge on any atom is 0.0779 e. The second kappa shape index (κ2) is 3.15. The van der Waals surface area contributed by atoms with E-state index in [1.807, 2.05) is 13.8 Å². The number of rotatable bonds is 2. The van der Waals surface area contributed by atoms with Crippen LogP contribution in [0.1, 0.15) is 13.8 Å². The molecule has 0 saturated carbocycles. The molecule has 0 radical (unpaired) electrons. The molecule has 0 aliphatic carbocycles. The molecule has 0 fully saturated rings. The number of hydrogen-bond acceptors (Lipinski definition) is 1. The van der Waals surface area contributed by atoms with Crippen LogP contribution >= 0.6 is 0 Å². The number of hydrogen-bond donors (Lipinski definition) is 1. The molecule has 1 N–H and O–H groups in total. The van der Waals surface area contributed by atoms with Crippen LogP contribution in [-0.2, 0) is 0 Å². The standard InChI is InChI=1S/C7H11N/c1-5-7(4)8-6(2)3/h1,6,8H,4H2,2-3H3. The lowest BCUT2D eigenvalue weighted by atomic mass is 10.4. The summed E-state index contributed by atoms with van der Waals surface area (Å²) in [7, 11) is 0. The third-order valence-corrected chi connectivity index (χ3v) is 0.637. The van der Waals surface area contributed by atoms with Gasteiger partial charge in [-0.3, -0.25) is 0 Å². The van der Waals surface area contributed by atoms with Crippen LogP contribution in [0.4, 0.5) is 0 Å². The summed E-state index contributed by atoms with van der Waals surface area (Å²) in [4.78, 5) is 0. The largest absolute Gasteiger partial charge is 0.377 e. The smallest absolute Gasteiger partial charge is 0.0779 e. The summed E-state index contributed by atoms with van der Waals surface area (Å²) < 4.78 is 0. The number of terminal acetylenes is 1. The van der Waals surface area contributed by atoms with Crippen molar-refractivity contribution in [1.29, 1.82) is 0 Å². The molecule has 0 aliphatic rings. The summed E-state index contributed by atoms with van der Waals surface area (Å²) >= 11 is 0. The molecule has 0 heterocycles. The molecular formula is C7H11N. The van der Waals surface area contributed by atoms with Crippen LogP contribution in [0.15, 0.2) is 12.3 Å². The third-order valence-electron chi connectivity index (χ3n) is 0.637. The monoisotopic (exact) mass is 109 g/mol. The van der Waals surface area contributed by atoms with Gasteiger partial charge in [-0.05, 0) is 13.8 Å². The van der Waals surface area contributed by atoms with Gasteiger partial charge in [0.2, 0.25) is 0 Å². The van der Waals surface area contributed by atoms with Gasteiger partial charge in [0.05, 0.1) is 5.70 Å². The molecule has 0 unspecified atom stereocenters. The summed E-state index contributed by atoms with van der Waals surface area (Å²) in [5.74, 6) is 2.39. The highest BCUT2D eigenvalue weighted by Crippen LogP contribution is 1.82. The third kappa shape index (κ3) is 3.30. The second-order valence-corrected chi connectivity index (χ2v) is 1.92. The molecule has 1 heteroatoms. The molecule has 0 aromatic carbocycles. The zero-order valence-corrected chi connectivity index (χ0v) is 5.36. The van der Waals surface area contributed by atoms with Gasteiger partial charge in [0, 0.05) is 6.04 Å². The van der Waals surface area contributed by atoms with E-state index in [9.17, 15) is 0 Å². The van der Waals surface area contributed by atoms with Gasteiger partial charge in [-0.2, -0.15) is 0 Å². The molecular weight excluding hydrogens is 98.1 g/mol. The quantitative estimate of drug-likeness (QED) is 0.524. The van der Waals surface area contributed by atoms with Crippen LogP contribution in [0, 0.1) is 12.3 Å². The first kappa shape index (κ1) is 7.10. The molecule has 0 rings (SSSR count). The molecule has 0 amide bonds. The van der Waals surface area contributed by atoms with Crippen molar-refractivity contribution in [3.63, 3.8) is 0 Å². The molecule has 0 saturated heterocycles. The molecule has 0 bridgehead atoms. The predicted octanol–water partition coefficient (Wildman–Crippen LogP) is 1.13. The first-order chi connectivity index (χ1) is 3.66. The summed E-state index contributed by atoms with van der Waals surface area (Å²) in [6.45, 7) is 7.60. The zero-order chi connectivity index (χ0) is 6.57. The van der Waals surface area contributed by atoms with Gasteiger partial charge >= 0.3 is 0 Å². The van der Waals surface area contributed by atoms with Gasteiger partial charge in [-0.25, -0.2) is 0 Å². The van der Waals surface area contributed by atoms with Gasteiger partial charge in [-0.1, -0.05) is 12.5 Å². The SMILES string of the molecule is C#CC(=C)NC(C)C. The van der Waals surface area contributed by atoms with E-state index >= 15 is 0 Å². The Morgan fingerprint density at radius 2 is 2.25 bits per heavy atom. The molecule has 1 nitrogen and oxygen atoms in total. The Hall–Kier alpha value is -0.900. The summed E-state index contributed by atoms with van der Waals surface area (Å²) in [6.07, 6.45) is 5.01. The average Bonchev–Trinajstić information content (AvgIpc) is 1.65. The van der Waals surface area contributed by atoms with Crippen LogP contribution in [-0.4, -0.2) is 6.04 Å². The zero-order valence-electron chi connectivity index (χ0n) is 5.36. The minimum atomic E-state index is 0.388. The van der Waals surface area contributed by atoms with Crippen molar-refractivity contribution in [2.45, 2.75) is 19.9 Å². The molecule has 0 aliphatic heterocycles. The molecule has 44 valence electrons. The van der Waals surface area contributed by atoms with Gasteiger partial charge < -0.3 is 5.32 Å². The Balaban J connectivity index is 3.44. The van der Waals surface area contributed by atoms with E-state index in [1.165, 1.54) is 0 Å². The van der Waals surface area contributed by atoms with Crippen molar-refractivity contribution in [2.75, 3.05) is 0 Å². The highest BCUT2D eigenvalue weighted by molar-refractivity contribution is 5.19. The molecule has 0 aromatic rings. The Kier molecular flexibility index (Phi) is 2.79. The fourth-order valence-electron chi connectivity index (χ4n) is 0.390. The van der Waals surface area contributed by atoms with Crippen LogP contribution in [0.25, 0.3) is 0 Å². The van der Waals surface area contributed by atoms with Gasteiger partial charge in [0.15, 0.2) is 0 Å². The van der Waals surface area contributed by atoms with E-state index in [0.717, 1.165) is 0 Å². The number of allylic oxidation sites excluding steroid dienone is 1. The van der Waals surface area contributed by atoms with Crippen LogP contribution in [0.3, 0.4) is 0 Å². The van der Waals surface area contributed by atoms with Crippen molar-refractivity contribution in [3.8, 4) is 12.3 Å². The van der Waals surface area contributed by atoms with E-state index in [2.05, 4.69) is 17.8 Å². The molecule has 0 aromatic heterocycles. The maximum absolute atomic E-state index is 5.01. The Morgan fingerprint density at radius 1 is 1.75 bits per heavy atom. The van der Waals surface area contributed by atoms with Crippen molar-refractivity contribution < 1.29 is 0 Å². The Bertz CT molecular complexity index is 117. The van der Waals surface area contributed by atoms with Crippen molar-refractivity contribution >= 4 is 0 Å². The first-order valence-corrected chi connectivity index (χ1v) is 2.59. The van der Waals surface area contributed by atoms with E-state index in [1.54, 1.807) is 0 Å². The van der Waals surface area contributed by atoms with Crippen molar-refractivity contribution in [2.24, 2.45) is 0 Å². The van der Waals surface area contributed by atoms with Crippen molar-refractivity contribution in [3.05, 3.63) is 12.3 Å².